The van der Waals surface area contributed by atoms with E-state index >= 15 is 0 Å². The van der Waals surface area contributed by atoms with Gasteiger partial charge in [-0.3, -0.25) is 0 Å². The minimum absolute atomic E-state index is 0.320. The fourth-order valence-electron chi connectivity index (χ4n) is 2.90. The Labute approximate surface area is 177 Å². The summed E-state index contributed by atoms with van der Waals surface area (Å²) in [5.41, 5.74) is -4.53. The van der Waals surface area contributed by atoms with Crippen LogP contribution in [0, 0.1) is 0 Å². The van der Waals surface area contributed by atoms with E-state index in [1.807, 2.05) is 24.3 Å². The molecule has 1 aromatic carbocycles. The minimum atomic E-state index is -6.09. The second kappa shape index (κ2) is 9.22. The zero-order valence-electron chi connectivity index (χ0n) is 15.7. The summed E-state index contributed by atoms with van der Waals surface area (Å²) in [5, 5.41) is 0.765. The Balaban J connectivity index is 0.000000343. The van der Waals surface area contributed by atoms with Gasteiger partial charge in [-0.05, 0) is 30.4 Å². The summed E-state index contributed by atoms with van der Waals surface area (Å²) in [4.78, 5) is 0. The van der Waals surface area contributed by atoms with Gasteiger partial charge in [0.25, 0.3) is 6.33 Å². The highest BCUT2D eigenvalue weighted by Gasteiger charge is 2.37. The molecule has 0 unspecified atom stereocenters. The molecule has 2 heterocycles. The van der Waals surface area contributed by atoms with Crippen molar-refractivity contribution in [2.75, 3.05) is 13.1 Å². The van der Waals surface area contributed by atoms with E-state index in [9.17, 15) is 21.6 Å². The number of aromatic nitrogens is 2. The van der Waals surface area contributed by atoms with Gasteiger partial charge in [-0.25, -0.2) is 13.0 Å². The Morgan fingerprint density at radius 2 is 1.67 bits per heavy atom. The summed E-state index contributed by atoms with van der Waals surface area (Å²) < 4.78 is 88.5. The van der Waals surface area contributed by atoms with Crippen LogP contribution in [0.1, 0.15) is 24.3 Å². The maximum Gasteiger partial charge on any atom is 0.485 e. The predicted octanol–water partition coefficient (Wildman–Crippen LogP) is 1.99. The Kier molecular flexibility index (Phi) is 7.56. The second-order valence-electron chi connectivity index (χ2n) is 6.51. The topological polar surface area (TPSA) is 103 Å². The number of aryl methyl sites for hydroxylation is 1. The number of piperidine rings is 1. The van der Waals surface area contributed by atoms with Gasteiger partial charge in [-0.15, -0.1) is 3.97 Å². The first kappa shape index (κ1) is 24.6. The normalized spacial score (nSPS) is 16.7. The molecule has 8 nitrogen and oxygen atoms in total. The van der Waals surface area contributed by atoms with E-state index in [1.165, 1.54) is 3.97 Å². The Hall–Kier alpha value is -1.67. The molecule has 0 N–H and O–H groups in total. The van der Waals surface area contributed by atoms with Gasteiger partial charge in [0, 0.05) is 18.1 Å². The molecule has 0 atom stereocenters. The third-order valence-corrected chi connectivity index (χ3v) is 7.10. The van der Waals surface area contributed by atoms with Crippen LogP contribution in [0.4, 0.5) is 13.2 Å². The van der Waals surface area contributed by atoms with Gasteiger partial charge in [0.15, 0.2) is 10.1 Å². The fraction of sp³-hybridized carbons (Fsp3) is 0.438. The number of halogens is 4. The second-order valence-corrected chi connectivity index (χ2v) is 10.1. The Morgan fingerprint density at radius 3 is 2.10 bits per heavy atom. The molecule has 0 bridgehead atoms. The number of imidazole rings is 1. The molecule has 30 heavy (non-hydrogen) atoms. The lowest BCUT2D eigenvalue weighted by molar-refractivity contribution is -0.670. The minimum Gasteiger partial charge on any atom is -0.741 e. The van der Waals surface area contributed by atoms with Crippen molar-refractivity contribution >= 4 is 31.9 Å². The van der Waals surface area contributed by atoms with Crippen molar-refractivity contribution in [3.8, 4) is 0 Å². The number of hydrogen-bond acceptors (Lipinski definition) is 5. The molecule has 2 aromatic rings. The van der Waals surface area contributed by atoms with Crippen molar-refractivity contribution in [2.24, 2.45) is 7.05 Å². The van der Waals surface area contributed by atoms with Gasteiger partial charge in [0.2, 0.25) is 0 Å². The summed E-state index contributed by atoms with van der Waals surface area (Å²) >= 11 is 6.24. The molecule has 14 heteroatoms. The van der Waals surface area contributed by atoms with E-state index in [0.29, 0.717) is 19.0 Å². The van der Waals surface area contributed by atoms with E-state index in [-0.39, 0.29) is 0 Å². The van der Waals surface area contributed by atoms with Crippen molar-refractivity contribution in [2.45, 2.75) is 24.3 Å². The molecule has 3 rings (SSSR count). The van der Waals surface area contributed by atoms with Crippen LogP contribution in [0.25, 0.3) is 0 Å². The van der Waals surface area contributed by atoms with Crippen LogP contribution in [-0.4, -0.2) is 48.3 Å². The zero-order valence-corrected chi connectivity index (χ0v) is 18.0. The number of nitrogens with zero attached hydrogens (tertiary/aromatic N) is 3. The molecule has 1 saturated heterocycles. The lowest BCUT2D eigenvalue weighted by Crippen LogP contribution is -2.41. The number of hydrogen-bond donors (Lipinski definition) is 0. The van der Waals surface area contributed by atoms with Crippen LogP contribution < -0.4 is 4.57 Å². The maximum absolute atomic E-state index is 12.6. The molecule has 1 aromatic heterocycles. The average Bonchev–Trinajstić information content (AvgIpc) is 3.08. The van der Waals surface area contributed by atoms with Crippen molar-refractivity contribution in [1.29, 1.82) is 0 Å². The van der Waals surface area contributed by atoms with E-state index in [1.54, 1.807) is 34.6 Å². The molecule has 1 aliphatic heterocycles. The van der Waals surface area contributed by atoms with E-state index in [0.717, 1.165) is 23.4 Å². The first-order valence-corrected chi connectivity index (χ1v) is 11.7. The summed E-state index contributed by atoms with van der Waals surface area (Å²) in [6.45, 7) is 1.03. The third-order valence-electron chi connectivity index (χ3n) is 4.42. The molecule has 0 aliphatic carbocycles. The monoisotopic (exact) mass is 489 g/mol. The molecule has 1 aliphatic rings. The molecular formula is C16H19ClF3N3O5S2. The van der Waals surface area contributed by atoms with Gasteiger partial charge in [0.1, 0.15) is 12.4 Å². The van der Waals surface area contributed by atoms with E-state index in [4.69, 9.17) is 24.6 Å². The van der Waals surface area contributed by atoms with Crippen molar-refractivity contribution < 1.29 is 39.1 Å². The molecule has 1 fully saturated rings. The lowest BCUT2D eigenvalue weighted by Gasteiger charge is -2.30. The smallest absolute Gasteiger partial charge is 0.485 e. The predicted molar refractivity (Wildman–Crippen MR) is 101 cm³/mol. The van der Waals surface area contributed by atoms with Gasteiger partial charge in [-0.1, -0.05) is 29.8 Å². The first-order chi connectivity index (χ1) is 13.7. The highest BCUT2D eigenvalue weighted by Crippen LogP contribution is 2.33. The van der Waals surface area contributed by atoms with Crippen molar-refractivity contribution in [3.63, 3.8) is 0 Å². The summed E-state index contributed by atoms with van der Waals surface area (Å²) in [6.07, 6.45) is 6.42. The standard InChI is InChI=1S/C15H19ClN3O2S.CHF3O3S/c1-17-10-11-19(12-17)22(20,21)18-8-6-13(7-9-18)14-4-2-3-5-15(14)16;2-1(3,4)8(5,6)7/h2-5,10-13H,6-9H2,1H3;(H,5,6,7)/q+1;/p-1. The summed E-state index contributed by atoms with van der Waals surface area (Å²) in [5.74, 6) is 0.320. The first-order valence-electron chi connectivity index (χ1n) is 8.54. The van der Waals surface area contributed by atoms with Crippen LogP contribution in [0.3, 0.4) is 0 Å². The van der Waals surface area contributed by atoms with Gasteiger partial charge in [-0.2, -0.15) is 25.9 Å². The average molecular weight is 490 g/mol. The zero-order chi connectivity index (χ0) is 22.7. The highest BCUT2D eigenvalue weighted by molar-refractivity contribution is 7.87. The fourth-order valence-corrected chi connectivity index (χ4v) is 4.61. The summed E-state index contributed by atoms with van der Waals surface area (Å²) in [6, 6.07) is 7.81. The van der Waals surface area contributed by atoms with Crippen LogP contribution >= 0.6 is 11.6 Å². The van der Waals surface area contributed by atoms with Gasteiger partial charge >= 0.3 is 15.7 Å². The van der Waals surface area contributed by atoms with Crippen LogP contribution in [0.2, 0.25) is 5.02 Å². The third kappa shape index (κ3) is 5.94. The van der Waals surface area contributed by atoms with Crippen LogP contribution in [-0.2, 0) is 27.4 Å². The molecular weight excluding hydrogens is 471 g/mol. The highest BCUT2D eigenvalue weighted by atomic mass is 35.5. The lowest BCUT2D eigenvalue weighted by atomic mass is 9.90. The van der Waals surface area contributed by atoms with Crippen molar-refractivity contribution in [3.05, 3.63) is 53.6 Å². The Morgan fingerprint density at radius 1 is 1.13 bits per heavy atom. The van der Waals surface area contributed by atoms with Gasteiger partial charge in [0.05, 0.1) is 7.05 Å². The molecule has 0 amide bonds. The molecule has 168 valence electrons. The maximum atomic E-state index is 12.6. The number of benzene rings is 1. The van der Waals surface area contributed by atoms with Gasteiger partial charge < -0.3 is 4.55 Å². The summed E-state index contributed by atoms with van der Waals surface area (Å²) in [7, 11) is -7.75. The van der Waals surface area contributed by atoms with Crippen LogP contribution in [0.5, 0.6) is 0 Å². The van der Waals surface area contributed by atoms with Crippen molar-refractivity contribution in [1.82, 2.24) is 8.28 Å². The Bertz CT molecular complexity index is 1080. The molecule has 0 spiro atoms. The molecule has 0 saturated carbocycles. The molecule has 0 radical (unpaired) electrons. The SMILES string of the molecule is C[n+]1ccn(S(=O)(=O)N2CCC(c3ccccc3Cl)CC2)c1.O=S(=O)([O-])C(F)(F)F. The van der Waals surface area contributed by atoms with Crippen LogP contribution in [0.15, 0.2) is 43.0 Å². The number of rotatable bonds is 3. The number of alkyl halides is 3. The van der Waals surface area contributed by atoms with E-state index < -0.39 is 25.8 Å². The quantitative estimate of drug-likeness (QED) is 0.372. The van der Waals surface area contributed by atoms with E-state index in [2.05, 4.69) is 0 Å². The largest absolute Gasteiger partial charge is 0.741 e.